The quantitative estimate of drug-likeness (QED) is 0.705. The molecule has 5 nitrogen and oxygen atoms in total. The van der Waals surface area contributed by atoms with Crippen molar-refractivity contribution < 1.29 is 9.53 Å². The van der Waals surface area contributed by atoms with Crippen molar-refractivity contribution in [1.82, 2.24) is 4.90 Å². The molecule has 2 aromatic carbocycles. The first kappa shape index (κ1) is 21.2. The molecule has 1 aliphatic heterocycles. The van der Waals surface area contributed by atoms with Gasteiger partial charge in [0.2, 0.25) is 5.91 Å². The van der Waals surface area contributed by atoms with Crippen LogP contribution in [0.5, 0.6) is 5.75 Å². The van der Waals surface area contributed by atoms with Gasteiger partial charge in [0.25, 0.3) is 0 Å². The van der Waals surface area contributed by atoms with Crippen LogP contribution in [-0.4, -0.2) is 51.1 Å². The summed E-state index contributed by atoms with van der Waals surface area (Å²) in [7, 11) is 5.78. The van der Waals surface area contributed by atoms with Gasteiger partial charge < -0.3 is 14.5 Å². The fourth-order valence-electron chi connectivity index (χ4n) is 3.98. The van der Waals surface area contributed by atoms with Crippen LogP contribution in [0.3, 0.4) is 0 Å². The first-order valence-electron chi connectivity index (χ1n) is 10.5. The average Bonchev–Trinajstić information content (AvgIpc) is 2.75. The van der Waals surface area contributed by atoms with Crippen molar-refractivity contribution in [2.24, 2.45) is 0 Å². The van der Waals surface area contributed by atoms with Crippen LogP contribution in [0.1, 0.15) is 31.7 Å². The first-order chi connectivity index (χ1) is 14.0. The van der Waals surface area contributed by atoms with Crippen molar-refractivity contribution >= 4 is 17.3 Å². The van der Waals surface area contributed by atoms with E-state index in [2.05, 4.69) is 48.2 Å². The molecule has 29 heavy (non-hydrogen) atoms. The summed E-state index contributed by atoms with van der Waals surface area (Å²) in [5.41, 5.74) is 3.50. The molecule has 2 aromatic rings. The van der Waals surface area contributed by atoms with Crippen molar-refractivity contribution in [2.45, 2.75) is 38.8 Å². The molecule has 0 aliphatic carbocycles. The molecule has 1 fully saturated rings. The first-order valence-corrected chi connectivity index (χ1v) is 10.5. The van der Waals surface area contributed by atoms with E-state index in [-0.39, 0.29) is 11.9 Å². The van der Waals surface area contributed by atoms with Gasteiger partial charge in [-0.2, -0.15) is 0 Å². The third-order valence-electron chi connectivity index (χ3n) is 5.68. The number of hydrogen-bond donors (Lipinski definition) is 0. The Kier molecular flexibility index (Phi) is 7.15. The van der Waals surface area contributed by atoms with Crippen molar-refractivity contribution in [3.8, 4) is 5.75 Å². The van der Waals surface area contributed by atoms with Crippen LogP contribution in [0, 0.1) is 0 Å². The van der Waals surface area contributed by atoms with Gasteiger partial charge in [0, 0.05) is 63.6 Å². The number of benzene rings is 2. The maximum Gasteiger partial charge on any atom is 0.226 e. The normalized spacial score (nSPS) is 15.2. The Morgan fingerprint density at radius 1 is 1.07 bits per heavy atom. The summed E-state index contributed by atoms with van der Waals surface area (Å²) in [6.45, 7) is 4.89. The molecule has 0 aromatic heterocycles. The zero-order valence-electron chi connectivity index (χ0n) is 18.1. The maximum atomic E-state index is 12.7. The van der Waals surface area contributed by atoms with Crippen LogP contribution in [0.25, 0.3) is 0 Å². The van der Waals surface area contributed by atoms with Gasteiger partial charge in [-0.25, -0.2) is 0 Å². The summed E-state index contributed by atoms with van der Waals surface area (Å²) in [4.78, 5) is 19.3. The minimum Gasteiger partial charge on any atom is -0.497 e. The molecule has 0 unspecified atom stereocenters. The van der Waals surface area contributed by atoms with Gasteiger partial charge in [0.1, 0.15) is 5.75 Å². The summed E-state index contributed by atoms with van der Waals surface area (Å²) in [6.07, 6.45) is 2.48. The van der Waals surface area contributed by atoms with Gasteiger partial charge in [-0.3, -0.25) is 9.69 Å². The van der Waals surface area contributed by atoms with Crippen molar-refractivity contribution in [3.05, 3.63) is 54.1 Å². The van der Waals surface area contributed by atoms with E-state index < -0.39 is 0 Å². The molecule has 0 radical (unpaired) electrons. The summed E-state index contributed by atoms with van der Waals surface area (Å²) in [6, 6.07) is 16.9. The largest absolute Gasteiger partial charge is 0.497 e. The van der Waals surface area contributed by atoms with E-state index >= 15 is 0 Å². The Morgan fingerprint density at radius 3 is 2.34 bits per heavy atom. The smallest absolute Gasteiger partial charge is 0.226 e. The molecule has 1 heterocycles. The molecule has 0 N–H and O–H groups in total. The average molecular weight is 396 g/mol. The standard InChI is InChI=1S/C24H33N3O2/c1-5-24(28)27(22-7-6-8-23(17-22)29-4)21-13-15-26(16-14-21)18-19-9-11-20(12-10-19)25(2)3/h6-12,17,21H,5,13-16,18H2,1-4H3. The van der Waals surface area contributed by atoms with Crippen molar-refractivity contribution in [3.63, 3.8) is 0 Å². The van der Waals surface area contributed by atoms with E-state index in [4.69, 9.17) is 4.74 Å². The Labute approximate surface area is 174 Å². The predicted octanol–water partition coefficient (Wildman–Crippen LogP) is 4.17. The topological polar surface area (TPSA) is 36.0 Å². The second-order valence-corrected chi connectivity index (χ2v) is 7.89. The van der Waals surface area contributed by atoms with E-state index in [0.29, 0.717) is 6.42 Å². The van der Waals surface area contributed by atoms with Gasteiger partial charge in [-0.05, 0) is 42.7 Å². The lowest BCUT2D eigenvalue weighted by Gasteiger charge is -2.38. The van der Waals surface area contributed by atoms with Crippen molar-refractivity contribution in [2.75, 3.05) is 44.1 Å². The highest BCUT2D eigenvalue weighted by Gasteiger charge is 2.28. The van der Waals surface area contributed by atoms with E-state index in [9.17, 15) is 4.79 Å². The van der Waals surface area contributed by atoms with E-state index in [1.807, 2.05) is 36.1 Å². The summed E-state index contributed by atoms with van der Waals surface area (Å²) in [5.74, 6) is 0.964. The Balaban J connectivity index is 1.64. The molecule has 1 amide bonds. The molecule has 0 bridgehead atoms. The molecule has 1 saturated heterocycles. The second-order valence-electron chi connectivity index (χ2n) is 7.89. The van der Waals surface area contributed by atoms with Gasteiger partial charge in [0.15, 0.2) is 0 Å². The number of anilines is 2. The summed E-state index contributed by atoms with van der Waals surface area (Å²) >= 11 is 0. The molecule has 1 aliphatic rings. The zero-order valence-corrected chi connectivity index (χ0v) is 18.1. The van der Waals surface area contributed by atoms with Crippen LogP contribution in [-0.2, 0) is 11.3 Å². The summed E-state index contributed by atoms with van der Waals surface area (Å²) in [5, 5.41) is 0. The highest BCUT2D eigenvalue weighted by atomic mass is 16.5. The van der Waals surface area contributed by atoms with Crippen LogP contribution >= 0.6 is 0 Å². The van der Waals surface area contributed by atoms with Crippen LogP contribution in [0.15, 0.2) is 48.5 Å². The van der Waals surface area contributed by atoms with Gasteiger partial charge in [-0.1, -0.05) is 25.1 Å². The zero-order chi connectivity index (χ0) is 20.8. The number of rotatable bonds is 7. The maximum absolute atomic E-state index is 12.7. The molecule has 0 spiro atoms. The molecular formula is C24H33N3O2. The van der Waals surface area contributed by atoms with E-state index in [1.54, 1.807) is 7.11 Å². The Bertz CT molecular complexity index is 796. The highest BCUT2D eigenvalue weighted by molar-refractivity contribution is 5.94. The molecular weight excluding hydrogens is 362 g/mol. The number of amides is 1. The third-order valence-corrected chi connectivity index (χ3v) is 5.68. The number of likely N-dealkylation sites (tertiary alicyclic amines) is 1. The number of piperidine rings is 1. The highest BCUT2D eigenvalue weighted by Crippen LogP contribution is 2.28. The third kappa shape index (κ3) is 5.30. The fourth-order valence-corrected chi connectivity index (χ4v) is 3.98. The minimum atomic E-state index is 0.177. The molecule has 3 rings (SSSR count). The van der Waals surface area contributed by atoms with Gasteiger partial charge in [0.05, 0.1) is 7.11 Å². The second kappa shape index (κ2) is 9.79. The van der Waals surface area contributed by atoms with Crippen LogP contribution in [0.4, 0.5) is 11.4 Å². The van der Waals surface area contributed by atoms with Crippen molar-refractivity contribution in [1.29, 1.82) is 0 Å². The van der Waals surface area contributed by atoms with E-state index in [1.165, 1.54) is 11.3 Å². The Hall–Kier alpha value is -2.53. The predicted molar refractivity (Wildman–Crippen MR) is 120 cm³/mol. The lowest BCUT2D eigenvalue weighted by atomic mass is 10.0. The lowest BCUT2D eigenvalue weighted by Crippen LogP contribution is -2.47. The van der Waals surface area contributed by atoms with Crippen LogP contribution in [0.2, 0.25) is 0 Å². The summed E-state index contributed by atoms with van der Waals surface area (Å²) < 4.78 is 5.36. The number of ether oxygens (including phenoxy) is 1. The van der Waals surface area contributed by atoms with Crippen LogP contribution < -0.4 is 14.5 Å². The number of carbonyl (C=O) groups excluding carboxylic acids is 1. The number of hydrogen-bond acceptors (Lipinski definition) is 4. The lowest BCUT2D eigenvalue weighted by molar-refractivity contribution is -0.119. The number of carbonyl (C=O) groups is 1. The minimum absolute atomic E-state index is 0.177. The SMILES string of the molecule is CCC(=O)N(c1cccc(OC)c1)C1CCN(Cc2ccc(N(C)C)cc2)CC1. The molecule has 156 valence electrons. The van der Waals surface area contributed by atoms with E-state index in [0.717, 1.165) is 43.9 Å². The number of nitrogens with zero attached hydrogens (tertiary/aromatic N) is 3. The Morgan fingerprint density at radius 2 is 1.76 bits per heavy atom. The molecule has 0 atom stereocenters. The molecule has 5 heteroatoms. The fraction of sp³-hybridized carbons (Fsp3) is 0.458. The molecule has 0 saturated carbocycles. The van der Waals surface area contributed by atoms with Gasteiger partial charge >= 0.3 is 0 Å². The van der Waals surface area contributed by atoms with Gasteiger partial charge in [-0.15, -0.1) is 0 Å². The monoisotopic (exact) mass is 395 g/mol. The number of methoxy groups -OCH3 is 1.